The van der Waals surface area contributed by atoms with Crippen LogP contribution in [-0.2, 0) is 9.47 Å². The van der Waals surface area contributed by atoms with Gasteiger partial charge in [-0.25, -0.2) is 4.39 Å². The minimum atomic E-state index is -1.80. The lowest BCUT2D eigenvalue weighted by Crippen LogP contribution is -2.57. The van der Waals surface area contributed by atoms with Crippen molar-refractivity contribution in [2.45, 2.75) is 30.8 Å². The molecule has 0 aromatic rings. The molecule has 0 aromatic heterocycles. The molecule has 1 aliphatic rings. The van der Waals surface area contributed by atoms with Crippen molar-refractivity contribution < 1.29 is 29.2 Å². The fourth-order valence-electron chi connectivity index (χ4n) is 1.24. The number of methoxy groups -OCH3 is 1. The lowest BCUT2D eigenvalue weighted by atomic mass is 10.0. The van der Waals surface area contributed by atoms with Gasteiger partial charge in [-0.3, -0.25) is 0 Å². The summed E-state index contributed by atoms with van der Waals surface area (Å²) in [5.74, 6) is 0. The molecule has 1 heterocycles. The van der Waals surface area contributed by atoms with E-state index in [-0.39, 0.29) is 0 Å². The number of hydrogen-bond acceptors (Lipinski definition) is 5. The Bertz CT molecular complexity index is 147. The van der Waals surface area contributed by atoms with Crippen LogP contribution in [0.25, 0.3) is 0 Å². The summed E-state index contributed by atoms with van der Waals surface area (Å²) in [6.45, 7) is -0.565. The zero-order chi connectivity index (χ0) is 10.0. The van der Waals surface area contributed by atoms with Crippen molar-refractivity contribution in [3.63, 3.8) is 0 Å². The van der Waals surface area contributed by atoms with Gasteiger partial charge in [-0.2, -0.15) is 0 Å². The Kier molecular flexibility index (Phi) is 3.57. The summed E-state index contributed by atoms with van der Waals surface area (Å²) in [4.78, 5) is 0. The van der Waals surface area contributed by atoms with Gasteiger partial charge in [0.05, 0.1) is 6.61 Å². The molecule has 1 aliphatic heterocycles. The van der Waals surface area contributed by atoms with E-state index in [1.165, 1.54) is 7.11 Å². The molecule has 6 heteroatoms. The quantitative estimate of drug-likeness (QED) is 0.495. The van der Waals surface area contributed by atoms with Crippen molar-refractivity contribution in [1.29, 1.82) is 0 Å². The Hall–Kier alpha value is -0.270. The summed E-state index contributed by atoms with van der Waals surface area (Å²) in [7, 11) is 1.26. The number of ether oxygens (including phenoxy) is 2. The third-order valence-electron chi connectivity index (χ3n) is 2.03. The monoisotopic (exact) mass is 195 g/mol. The van der Waals surface area contributed by atoms with Crippen molar-refractivity contribution in [2.24, 2.45) is 0 Å². The molecule has 0 aromatic carbocycles. The van der Waals surface area contributed by atoms with E-state index in [1.54, 1.807) is 0 Å². The second-order valence-corrected chi connectivity index (χ2v) is 2.89. The van der Waals surface area contributed by atoms with Crippen molar-refractivity contribution in [3.05, 3.63) is 0 Å². The molecule has 5 nitrogen and oxygen atoms in total. The predicted octanol–water partition coefficient (Wildman–Crippen LogP) is -1.59. The Labute approximate surface area is 74.7 Å². The van der Waals surface area contributed by atoms with Crippen LogP contribution in [0, 0.1) is 0 Å². The van der Waals surface area contributed by atoms with Gasteiger partial charge in [0, 0.05) is 7.11 Å². The van der Waals surface area contributed by atoms with Crippen molar-refractivity contribution >= 4 is 0 Å². The average molecular weight is 195 g/mol. The molecule has 0 amide bonds. The number of rotatable bonds is 2. The van der Waals surface area contributed by atoms with Gasteiger partial charge in [-0.05, 0) is 0 Å². The minimum Gasteiger partial charge on any atom is -0.394 e. The maximum Gasteiger partial charge on any atom is 0.186 e. The summed E-state index contributed by atoms with van der Waals surface area (Å²) < 4.78 is 22.5. The van der Waals surface area contributed by atoms with Gasteiger partial charge in [0.15, 0.2) is 12.5 Å². The molecule has 1 fully saturated rings. The van der Waals surface area contributed by atoms with E-state index in [0.717, 1.165) is 0 Å². The van der Waals surface area contributed by atoms with Crippen LogP contribution in [0.3, 0.4) is 0 Å². The number of halogens is 1. The number of hydrogen-bond donors (Lipinski definition) is 3. The van der Waals surface area contributed by atoms with Crippen molar-refractivity contribution in [1.82, 2.24) is 0 Å². The predicted molar refractivity (Wildman–Crippen MR) is 39.7 cm³/mol. The maximum atomic E-state index is 13.1. The molecule has 0 spiro atoms. The lowest BCUT2D eigenvalue weighted by molar-refractivity contribution is -0.283. The molecule has 0 bridgehead atoms. The van der Waals surface area contributed by atoms with Gasteiger partial charge in [0.1, 0.15) is 18.3 Å². The van der Waals surface area contributed by atoms with Crippen molar-refractivity contribution in [2.75, 3.05) is 13.7 Å². The van der Waals surface area contributed by atoms with Crippen LogP contribution in [0.5, 0.6) is 0 Å². The minimum absolute atomic E-state index is 0.565. The first-order valence-electron chi connectivity index (χ1n) is 3.91. The van der Waals surface area contributed by atoms with E-state index in [4.69, 9.17) is 14.9 Å². The number of alkyl halides is 1. The summed E-state index contributed by atoms with van der Waals surface area (Å²) >= 11 is 0. The highest BCUT2D eigenvalue weighted by atomic mass is 18.2. The Morgan fingerprint density at radius 3 is 2.46 bits per heavy atom. The van der Waals surface area contributed by atoms with E-state index < -0.39 is 37.4 Å². The van der Waals surface area contributed by atoms with Crippen LogP contribution in [0.1, 0.15) is 0 Å². The van der Waals surface area contributed by atoms with E-state index in [1.807, 2.05) is 0 Å². The molecule has 0 unspecified atom stereocenters. The first kappa shape index (κ1) is 10.8. The fourth-order valence-corrected chi connectivity index (χ4v) is 1.24. The molecule has 78 valence electrons. The van der Waals surface area contributed by atoms with E-state index in [9.17, 15) is 9.50 Å². The average Bonchev–Trinajstić information content (AvgIpc) is 2.15. The molecule has 0 saturated carbocycles. The highest BCUT2D eigenvalue weighted by molar-refractivity contribution is 4.88. The second-order valence-electron chi connectivity index (χ2n) is 2.89. The van der Waals surface area contributed by atoms with Crippen molar-refractivity contribution in [3.8, 4) is 0 Å². The highest BCUT2D eigenvalue weighted by Gasteiger charge is 2.44. The van der Waals surface area contributed by atoms with E-state index in [0.29, 0.717) is 0 Å². The van der Waals surface area contributed by atoms with E-state index in [2.05, 4.69) is 4.74 Å². The standard InChI is InChI=1S/C7H13FO5/c1-12-7-6(11)5(10)4(8)3(2-9)13-7/h3-7,9-11H,2H2,1H3/t3-,4-,5+,6-,7+/m1/s1/i8-1. The maximum absolute atomic E-state index is 13.1. The fraction of sp³-hybridized carbons (Fsp3) is 1.00. The Morgan fingerprint density at radius 1 is 1.38 bits per heavy atom. The third-order valence-corrected chi connectivity index (χ3v) is 2.03. The molecule has 0 aliphatic carbocycles. The smallest absolute Gasteiger partial charge is 0.186 e. The molecule has 5 atom stereocenters. The van der Waals surface area contributed by atoms with Gasteiger partial charge in [0.25, 0.3) is 0 Å². The third kappa shape index (κ3) is 1.97. The van der Waals surface area contributed by atoms with Gasteiger partial charge in [0.2, 0.25) is 0 Å². The van der Waals surface area contributed by atoms with Gasteiger partial charge in [-0.15, -0.1) is 0 Å². The zero-order valence-corrected chi connectivity index (χ0v) is 7.13. The van der Waals surface area contributed by atoms with Gasteiger partial charge < -0.3 is 24.8 Å². The van der Waals surface area contributed by atoms with E-state index >= 15 is 0 Å². The lowest BCUT2D eigenvalue weighted by Gasteiger charge is -2.37. The molecule has 1 rings (SSSR count). The largest absolute Gasteiger partial charge is 0.394 e. The molecule has 1 saturated heterocycles. The molecular formula is C7H13FO5. The number of aliphatic hydroxyl groups is 3. The van der Waals surface area contributed by atoms with Crippen LogP contribution in [-0.4, -0.2) is 59.8 Å². The molecule has 3 N–H and O–H groups in total. The SMILES string of the molecule is CO[C@H]1O[C@H](CO)[C@@H]([18F])[C@H](O)[C@H]1O. The summed E-state index contributed by atoms with van der Waals surface area (Å²) in [6, 6.07) is 0. The number of aliphatic hydroxyl groups excluding tert-OH is 3. The second kappa shape index (κ2) is 4.30. The van der Waals surface area contributed by atoms with Crippen LogP contribution < -0.4 is 0 Å². The highest BCUT2D eigenvalue weighted by Crippen LogP contribution is 2.23. The van der Waals surface area contributed by atoms with Gasteiger partial charge >= 0.3 is 0 Å². The first-order chi connectivity index (χ1) is 6.11. The molecule has 0 radical (unpaired) electrons. The normalized spacial score (nSPS) is 46.4. The summed E-state index contributed by atoms with van der Waals surface area (Å²) in [5, 5.41) is 27.0. The topological polar surface area (TPSA) is 79.2 Å². The molecule has 13 heavy (non-hydrogen) atoms. The Balaban J connectivity index is 2.66. The Morgan fingerprint density at radius 2 is 2.00 bits per heavy atom. The summed E-state index contributed by atoms with van der Waals surface area (Å²) in [6.07, 6.45) is -7.06. The molecular weight excluding hydrogens is 182 g/mol. The van der Waals surface area contributed by atoms with Crippen LogP contribution in [0.4, 0.5) is 4.39 Å². The van der Waals surface area contributed by atoms with Crippen LogP contribution in [0.15, 0.2) is 0 Å². The summed E-state index contributed by atoms with van der Waals surface area (Å²) in [5.41, 5.74) is 0. The van der Waals surface area contributed by atoms with Crippen LogP contribution >= 0.6 is 0 Å². The van der Waals surface area contributed by atoms with Crippen LogP contribution in [0.2, 0.25) is 0 Å². The zero-order valence-electron chi connectivity index (χ0n) is 7.13. The first-order valence-corrected chi connectivity index (χ1v) is 3.91. The van der Waals surface area contributed by atoms with Gasteiger partial charge in [-0.1, -0.05) is 0 Å².